The number of nitrogens with zero attached hydrogens (tertiary/aromatic N) is 1. The van der Waals surface area contributed by atoms with E-state index in [9.17, 15) is 9.59 Å². The number of nitrogens with one attached hydrogen (secondary N) is 2. The molecule has 0 spiro atoms. The fourth-order valence-corrected chi connectivity index (χ4v) is 3.36. The molecular weight excluding hydrogens is 310 g/mol. The minimum Gasteiger partial charge on any atom is -0.354 e. The van der Waals surface area contributed by atoms with E-state index >= 15 is 0 Å². The van der Waals surface area contributed by atoms with Crippen molar-refractivity contribution in [3.05, 3.63) is 40.9 Å². The van der Waals surface area contributed by atoms with E-state index < -0.39 is 0 Å². The third-order valence-corrected chi connectivity index (χ3v) is 4.78. The molecule has 0 unspecified atom stereocenters. The lowest BCUT2D eigenvalue weighted by Crippen LogP contribution is -2.42. The summed E-state index contributed by atoms with van der Waals surface area (Å²) < 4.78 is 0. The molecule has 5 nitrogen and oxygen atoms in total. The van der Waals surface area contributed by atoms with Gasteiger partial charge in [-0.2, -0.15) is 0 Å². The van der Waals surface area contributed by atoms with Crippen molar-refractivity contribution in [1.82, 2.24) is 15.6 Å². The highest BCUT2D eigenvalue weighted by Gasteiger charge is 2.26. The number of benzene rings is 1. The Morgan fingerprint density at radius 1 is 1.39 bits per heavy atom. The lowest BCUT2D eigenvalue weighted by molar-refractivity contribution is -0.125. The molecule has 3 rings (SSSR count). The average Bonchev–Trinajstić information content (AvgIpc) is 3.17. The topological polar surface area (TPSA) is 71.1 Å². The van der Waals surface area contributed by atoms with Crippen molar-refractivity contribution >= 4 is 23.2 Å². The Balaban J connectivity index is 1.50. The molecule has 0 aliphatic carbocycles. The second kappa shape index (κ2) is 6.91. The monoisotopic (exact) mass is 329 g/mol. The first-order valence-electron chi connectivity index (χ1n) is 7.70. The Bertz CT molecular complexity index is 709. The number of aromatic nitrogens is 1. The largest absolute Gasteiger partial charge is 0.354 e. The molecule has 0 radical (unpaired) electrons. The molecule has 1 saturated heterocycles. The van der Waals surface area contributed by atoms with Crippen LogP contribution < -0.4 is 10.6 Å². The van der Waals surface area contributed by atoms with Gasteiger partial charge in [-0.15, -0.1) is 11.3 Å². The highest BCUT2D eigenvalue weighted by molar-refractivity contribution is 7.13. The molecule has 2 N–H and O–H groups in total. The Morgan fingerprint density at radius 3 is 2.87 bits per heavy atom. The number of aryl methyl sites for hydroxylation is 1. The molecule has 1 aliphatic rings. The highest BCUT2D eigenvalue weighted by Crippen LogP contribution is 2.24. The fraction of sp³-hybridized carbons (Fsp3) is 0.353. The molecule has 120 valence electrons. The summed E-state index contributed by atoms with van der Waals surface area (Å²) in [5.41, 5.74) is 3.32. The summed E-state index contributed by atoms with van der Waals surface area (Å²) in [5.74, 6) is -0.155. The Labute approximate surface area is 139 Å². The normalized spacial score (nSPS) is 17.1. The summed E-state index contributed by atoms with van der Waals surface area (Å²) in [6.45, 7) is 2.59. The molecule has 0 saturated carbocycles. The Kier molecular flexibility index (Phi) is 4.71. The van der Waals surface area contributed by atoms with Crippen molar-refractivity contribution in [3.63, 3.8) is 0 Å². The first-order valence-corrected chi connectivity index (χ1v) is 8.58. The minimum atomic E-state index is -0.374. The van der Waals surface area contributed by atoms with Crippen molar-refractivity contribution in [2.24, 2.45) is 0 Å². The van der Waals surface area contributed by atoms with Gasteiger partial charge in [-0.1, -0.05) is 29.8 Å². The van der Waals surface area contributed by atoms with E-state index in [0.29, 0.717) is 25.8 Å². The summed E-state index contributed by atoms with van der Waals surface area (Å²) in [7, 11) is 0. The van der Waals surface area contributed by atoms with Crippen LogP contribution in [-0.4, -0.2) is 29.4 Å². The van der Waals surface area contributed by atoms with Crippen LogP contribution in [0.3, 0.4) is 0 Å². The minimum absolute atomic E-state index is 0.0487. The van der Waals surface area contributed by atoms with Crippen LogP contribution in [0.1, 0.15) is 24.1 Å². The summed E-state index contributed by atoms with van der Waals surface area (Å²) >= 11 is 1.61. The zero-order valence-corrected chi connectivity index (χ0v) is 13.8. The van der Waals surface area contributed by atoms with Crippen molar-refractivity contribution < 1.29 is 9.59 Å². The van der Waals surface area contributed by atoms with Gasteiger partial charge in [0.1, 0.15) is 11.0 Å². The van der Waals surface area contributed by atoms with Gasteiger partial charge in [0.05, 0.1) is 5.69 Å². The summed E-state index contributed by atoms with van der Waals surface area (Å²) in [4.78, 5) is 27.6. The maximum absolute atomic E-state index is 11.9. The third-order valence-electron chi connectivity index (χ3n) is 3.84. The molecule has 2 amide bonds. The number of rotatable bonds is 5. The van der Waals surface area contributed by atoms with Crippen LogP contribution >= 0.6 is 11.3 Å². The zero-order valence-electron chi connectivity index (χ0n) is 13.0. The van der Waals surface area contributed by atoms with Crippen molar-refractivity contribution in [2.75, 3.05) is 6.54 Å². The van der Waals surface area contributed by atoms with Gasteiger partial charge in [-0.25, -0.2) is 4.98 Å². The fourth-order valence-electron chi connectivity index (χ4n) is 2.50. The third kappa shape index (κ3) is 3.96. The van der Waals surface area contributed by atoms with Gasteiger partial charge in [0.2, 0.25) is 11.8 Å². The molecule has 6 heteroatoms. The van der Waals surface area contributed by atoms with Crippen LogP contribution in [0.25, 0.3) is 10.6 Å². The van der Waals surface area contributed by atoms with Gasteiger partial charge in [-0.3, -0.25) is 9.59 Å². The quantitative estimate of drug-likeness (QED) is 0.882. The molecule has 2 heterocycles. The maximum Gasteiger partial charge on any atom is 0.242 e. The second-order valence-corrected chi connectivity index (χ2v) is 6.57. The van der Waals surface area contributed by atoms with E-state index in [-0.39, 0.29) is 17.9 Å². The van der Waals surface area contributed by atoms with E-state index in [1.165, 1.54) is 5.56 Å². The standard InChI is InChI=1S/C17H19N3O2S/c1-11-2-4-12(5-3-11)17-19-13(10-23-17)8-9-18-16(22)14-6-7-15(21)20-14/h2-5,10,14H,6-9H2,1H3,(H,18,22)(H,20,21)/t14-/m1/s1. The Hall–Kier alpha value is -2.21. The van der Waals surface area contributed by atoms with Crippen LogP contribution in [-0.2, 0) is 16.0 Å². The number of hydrogen-bond donors (Lipinski definition) is 2. The predicted octanol–water partition coefficient (Wildman–Crippen LogP) is 2.06. The lowest BCUT2D eigenvalue weighted by atomic mass is 10.2. The van der Waals surface area contributed by atoms with Gasteiger partial charge in [0.25, 0.3) is 0 Å². The molecule has 1 aromatic carbocycles. The van der Waals surface area contributed by atoms with E-state index in [4.69, 9.17) is 0 Å². The van der Waals surface area contributed by atoms with E-state index in [1.54, 1.807) is 11.3 Å². The summed E-state index contributed by atoms with van der Waals surface area (Å²) in [6.07, 6.45) is 1.71. The molecule has 1 aromatic heterocycles. The lowest BCUT2D eigenvalue weighted by Gasteiger charge is -2.10. The zero-order chi connectivity index (χ0) is 16.2. The molecular formula is C17H19N3O2S. The molecule has 2 aromatic rings. The van der Waals surface area contributed by atoms with Gasteiger partial charge in [0, 0.05) is 30.3 Å². The second-order valence-electron chi connectivity index (χ2n) is 5.71. The first-order chi connectivity index (χ1) is 11.1. The SMILES string of the molecule is Cc1ccc(-c2nc(CCNC(=O)[C@H]3CCC(=O)N3)cs2)cc1. The van der Waals surface area contributed by atoms with Crippen LogP contribution in [0.5, 0.6) is 0 Å². The molecule has 0 bridgehead atoms. The highest BCUT2D eigenvalue weighted by atomic mass is 32.1. The number of thiazole rings is 1. The number of amides is 2. The molecule has 1 atom stereocenters. The van der Waals surface area contributed by atoms with Crippen molar-refractivity contribution in [3.8, 4) is 10.6 Å². The van der Waals surface area contributed by atoms with Crippen LogP contribution in [0, 0.1) is 6.92 Å². The number of carbonyl (C=O) groups is 2. The van der Waals surface area contributed by atoms with Gasteiger partial charge >= 0.3 is 0 Å². The van der Waals surface area contributed by atoms with E-state index in [2.05, 4.69) is 46.8 Å². The maximum atomic E-state index is 11.9. The predicted molar refractivity (Wildman–Crippen MR) is 90.2 cm³/mol. The van der Waals surface area contributed by atoms with Crippen molar-refractivity contribution in [1.29, 1.82) is 0 Å². The smallest absolute Gasteiger partial charge is 0.242 e. The Morgan fingerprint density at radius 2 is 2.17 bits per heavy atom. The van der Waals surface area contributed by atoms with Gasteiger partial charge in [0.15, 0.2) is 0 Å². The van der Waals surface area contributed by atoms with Crippen molar-refractivity contribution in [2.45, 2.75) is 32.2 Å². The van der Waals surface area contributed by atoms with Crippen LogP contribution in [0.15, 0.2) is 29.6 Å². The van der Waals surface area contributed by atoms with Gasteiger partial charge < -0.3 is 10.6 Å². The number of carbonyl (C=O) groups excluding carboxylic acids is 2. The summed E-state index contributed by atoms with van der Waals surface area (Å²) in [6, 6.07) is 7.92. The first kappa shape index (κ1) is 15.7. The van der Waals surface area contributed by atoms with E-state index in [0.717, 1.165) is 16.3 Å². The molecule has 1 fully saturated rings. The number of hydrogen-bond acceptors (Lipinski definition) is 4. The van der Waals surface area contributed by atoms with Crippen LogP contribution in [0.2, 0.25) is 0 Å². The van der Waals surface area contributed by atoms with E-state index in [1.807, 2.05) is 5.38 Å². The summed E-state index contributed by atoms with van der Waals surface area (Å²) in [5, 5.41) is 8.55. The van der Waals surface area contributed by atoms with Gasteiger partial charge in [-0.05, 0) is 13.3 Å². The van der Waals surface area contributed by atoms with Crippen LogP contribution in [0.4, 0.5) is 0 Å². The molecule has 1 aliphatic heterocycles. The molecule has 23 heavy (non-hydrogen) atoms. The average molecular weight is 329 g/mol.